The summed E-state index contributed by atoms with van der Waals surface area (Å²) in [5, 5.41) is 9.36. The summed E-state index contributed by atoms with van der Waals surface area (Å²) in [6.07, 6.45) is 2.08. The highest BCUT2D eigenvalue weighted by molar-refractivity contribution is 5.44. The summed E-state index contributed by atoms with van der Waals surface area (Å²) >= 11 is 0. The average Bonchev–Trinajstić information content (AvgIpc) is 2.70. The number of nitrogens with zero attached hydrogens (tertiary/aromatic N) is 2. The van der Waals surface area contributed by atoms with Gasteiger partial charge in [0.2, 0.25) is 0 Å². The van der Waals surface area contributed by atoms with Gasteiger partial charge in [0.25, 0.3) is 0 Å². The van der Waals surface area contributed by atoms with Gasteiger partial charge in [-0.3, -0.25) is 0 Å². The number of aliphatic hydroxyl groups excluding tert-OH is 1. The number of aromatic nitrogens is 1. The van der Waals surface area contributed by atoms with E-state index in [-0.39, 0.29) is 6.61 Å². The first-order chi connectivity index (χ1) is 8.63. The van der Waals surface area contributed by atoms with Gasteiger partial charge in [0, 0.05) is 18.8 Å². The second-order valence-electron chi connectivity index (χ2n) is 5.59. The molecule has 0 saturated carbocycles. The summed E-state index contributed by atoms with van der Waals surface area (Å²) in [6, 6.07) is 4.06. The maximum absolute atomic E-state index is 9.36. The Morgan fingerprint density at radius 2 is 1.94 bits per heavy atom. The third kappa shape index (κ3) is 2.83. The number of hydrogen-bond donors (Lipinski definition) is 1. The summed E-state index contributed by atoms with van der Waals surface area (Å²) in [7, 11) is 0. The number of rotatable bonds is 4. The fourth-order valence-corrected chi connectivity index (χ4v) is 2.59. The molecule has 1 N–H and O–H groups in total. The van der Waals surface area contributed by atoms with E-state index in [1.165, 1.54) is 0 Å². The van der Waals surface area contributed by atoms with Gasteiger partial charge >= 0.3 is 0 Å². The zero-order valence-electron chi connectivity index (χ0n) is 11.7. The Hall–Kier alpha value is -1.09. The Balaban J connectivity index is 2.24. The first-order valence-corrected chi connectivity index (χ1v) is 6.99. The molecule has 1 aliphatic rings. The fraction of sp³-hybridized carbons (Fsp3) is 0.667. The van der Waals surface area contributed by atoms with Gasteiger partial charge < -0.3 is 10.0 Å². The molecule has 1 aromatic rings. The molecular formula is C15H24N2O. The fourth-order valence-electron chi connectivity index (χ4n) is 2.59. The van der Waals surface area contributed by atoms with Crippen LogP contribution in [0.1, 0.15) is 38.4 Å². The quantitative estimate of drug-likeness (QED) is 0.890. The Kier molecular flexibility index (Phi) is 4.23. The van der Waals surface area contributed by atoms with Gasteiger partial charge in [0.1, 0.15) is 5.82 Å². The summed E-state index contributed by atoms with van der Waals surface area (Å²) in [4.78, 5) is 7.09. The minimum Gasteiger partial charge on any atom is -0.392 e. The van der Waals surface area contributed by atoms with Crippen molar-refractivity contribution < 1.29 is 5.11 Å². The predicted octanol–water partition coefficient (Wildman–Crippen LogP) is 2.62. The second-order valence-corrected chi connectivity index (χ2v) is 5.59. The van der Waals surface area contributed by atoms with E-state index >= 15 is 0 Å². The van der Waals surface area contributed by atoms with Crippen LogP contribution in [0.15, 0.2) is 12.1 Å². The third-order valence-electron chi connectivity index (χ3n) is 3.93. The van der Waals surface area contributed by atoms with Crippen molar-refractivity contribution in [2.24, 2.45) is 11.8 Å². The van der Waals surface area contributed by atoms with E-state index in [9.17, 15) is 5.11 Å². The monoisotopic (exact) mass is 248 g/mol. The number of pyridine rings is 1. The Labute approximate surface area is 110 Å². The van der Waals surface area contributed by atoms with E-state index in [2.05, 4.69) is 25.7 Å². The molecule has 0 aliphatic carbocycles. The molecule has 0 aromatic carbocycles. The molecule has 18 heavy (non-hydrogen) atoms. The minimum absolute atomic E-state index is 0.102. The smallest absolute Gasteiger partial charge is 0.129 e. The van der Waals surface area contributed by atoms with Crippen LogP contribution < -0.4 is 4.90 Å². The van der Waals surface area contributed by atoms with Crippen LogP contribution in [0.2, 0.25) is 0 Å². The molecule has 2 heterocycles. The molecule has 2 rings (SSSR count). The maximum atomic E-state index is 9.36. The Morgan fingerprint density at radius 3 is 2.50 bits per heavy atom. The van der Waals surface area contributed by atoms with Gasteiger partial charge in [-0.25, -0.2) is 4.98 Å². The Bertz CT molecular complexity index is 395. The zero-order chi connectivity index (χ0) is 13.1. The maximum Gasteiger partial charge on any atom is 0.129 e. The van der Waals surface area contributed by atoms with Crippen molar-refractivity contribution in [2.45, 2.75) is 40.2 Å². The van der Waals surface area contributed by atoms with E-state index in [0.717, 1.165) is 54.8 Å². The third-order valence-corrected chi connectivity index (χ3v) is 3.93. The van der Waals surface area contributed by atoms with Crippen LogP contribution in [-0.2, 0) is 13.0 Å². The van der Waals surface area contributed by atoms with E-state index in [0.29, 0.717) is 0 Å². The number of aryl methyl sites for hydroxylation is 1. The molecule has 0 amide bonds. The molecule has 0 bridgehead atoms. The normalized spacial score (nSPS) is 23.7. The van der Waals surface area contributed by atoms with Crippen molar-refractivity contribution in [3.8, 4) is 0 Å². The van der Waals surface area contributed by atoms with Gasteiger partial charge in [0.15, 0.2) is 0 Å². The van der Waals surface area contributed by atoms with Crippen molar-refractivity contribution in [1.82, 2.24) is 4.98 Å². The lowest BCUT2D eigenvalue weighted by Crippen LogP contribution is -2.21. The lowest BCUT2D eigenvalue weighted by Gasteiger charge is -2.19. The van der Waals surface area contributed by atoms with E-state index in [4.69, 9.17) is 4.98 Å². The van der Waals surface area contributed by atoms with E-state index < -0.39 is 0 Å². The van der Waals surface area contributed by atoms with Crippen molar-refractivity contribution in [2.75, 3.05) is 18.0 Å². The zero-order valence-corrected chi connectivity index (χ0v) is 11.7. The molecule has 1 aliphatic heterocycles. The van der Waals surface area contributed by atoms with Crippen molar-refractivity contribution in [3.05, 3.63) is 23.4 Å². The molecule has 2 unspecified atom stereocenters. The highest BCUT2D eigenvalue weighted by Gasteiger charge is 2.27. The number of anilines is 1. The Morgan fingerprint density at radius 1 is 1.28 bits per heavy atom. The number of aliphatic hydroxyl groups is 1. The first-order valence-electron chi connectivity index (χ1n) is 6.99. The van der Waals surface area contributed by atoms with Gasteiger partial charge in [-0.1, -0.05) is 27.2 Å². The largest absolute Gasteiger partial charge is 0.392 e. The van der Waals surface area contributed by atoms with Crippen LogP contribution in [0.25, 0.3) is 0 Å². The first kappa shape index (κ1) is 13.3. The van der Waals surface area contributed by atoms with Crippen LogP contribution in [0, 0.1) is 11.8 Å². The molecule has 2 atom stereocenters. The molecule has 1 fully saturated rings. The predicted molar refractivity (Wildman–Crippen MR) is 74.7 cm³/mol. The van der Waals surface area contributed by atoms with Gasteiger partial charge in [-0.15, -0.1) is 0 Å². The summed E-state index contributed by atoms with van der Waals surface area (Å²) in [5.41, 5.74) is 2.09. The van der Waals surface area contributed by atoms with Crippen LogP contribution in [-0.4, -0.2) is 23.2 Å². The van der Waals surface area contributed by atoms with E-state index in [1.807, 2.05) is 12.1 Å². The molecule has 1 saturated heterocycles. The lowest BCUT2D eigenvalue weighted by atomic mass is 10.0. The molecule has 100 valence electrons. The molecule has 3 nitrogen and oxygen atoms in total. The van der Waals surface area contributed by atoms with Crippen molar-refractivity contribution >= 4 is 5.82 Å². The molecule has 0 radical (unpaired) electrons. The topological polar surface area (TPSA) is 36.4 Å². The SMILES string of the molecule is CCCc1cc(CO)cc(N2CC(C)C(C)C2)n1. The number of hydrogen-bond acceptors (Lipinski definition) is 3. The van der Waals surface area contributed by atoms with Crippen molar-refractivity contribution in [1.29, 1.82) is 0 Å². The second kappa shape index (κ2) is 5.70. The highest BCUT2D eigenvalue weighted by atomic mass is 16.3. The summed E-state index contributed by atoms with van der Waals surface area (Å²) in [6.45, 7) is 9.02. The van der Waals surface area contributed by atoms with Crippen LogP contribution in [0.4, 0.5) is 5.82 Å². The summed E-state index contributed by atoms with van der Waals surface area (Å²) < 4.78 is 0. The average molecular weight is 248 g/mol. The van der Waals surface area contributed by atoms with Gasteiger partial charge in [-0.2, -0.15) is 0 Å². The van der Waals surface area contributed by atoms with Crippen LogP contribution in [0.3, 0.4) is 0 Å². The molecular weight excluding hydrogens is 224 g/mol. The van der Waals surface area contributed by atoms with Crippen LogP contribution in [0.5, 0.6) is 0 Å². The highest BCUT2D eigenvalue weighted by Crippen LogP contribution is 2.27. The van der Waals surface area contributed by atoms with Gasteiger partial charge in [-0.05, 0) is 36.0 Å². The minimum atomic E-state index is 0.102. The molecule has 3 heteroatoms. The molecule has 1 aromatic heterocycles. The molecule has 0 spiro atoms. The summed E-state index contributed by atoms with van der Waals surface area (Å²) in [5.74, 6) is 2.49. The van der Waals surface area contributed by atoms with Crippen molar-refractivity contribution in [3.63, 3.8) is 0 Å². The van der Waals surface area contributed by atoms with Crippen LogP contribution >= 0.6 is 0 Å². The standard InChI is InChI=1S/C15H24N2O/c1-4-5-14-6-13(10-18)7-15(16-14)17-8-11(2)12(3)9-17/h6-7,11-12,18H,4-5,8-10H2,1-3H3. The lowest BCUT2D eigenvalue weighted by molar-refractivity contribution is 0.281. The van der Waals surface area contributed by atoms with Gasteiger partial charge in [0.05, 0.1) is 6.61 Å². The van der Waals surface area contributed by atoms with E-state index in [1.54, 1.807) is 0 Å².